The number of carbonyl (C=O) groups is 1. The molecular weight excluding hydrogens is 296 g/mol. The van der Waals surface area contributed by atoms with E-state index in [4.69, 9.17) is 0 Å². The highest BCUT2D eigenvalue weighted by Gasteiger charge is 2.27. The Balaban J connectivity index is 1.93. The second-order valence-electron chi connectivity index (χ2n) is 9.11. The summed E-state index contributed by atoms with van der Waals surface area (Å²) in [6.45, 7) is 14.2. The Morgan fingerprint density at radius 1 is 1.00 bits per heavy atom. The summed E-state index contributed by atoms with van der Waals surface area (Å²) in [6, 6.07) is 8.12. The van der Waals surface area contributed by atoms with Crippen molar-refractivity contribution in [1.29, 1.82) is 0 Å². The molecule has 1 saturated heterocycles. The fraction of sp³-hybridized carbons (Fsp3) is 0.667. The SMILES string of the molecule is CC(C)(C)CC(C)(C)NC(=O)c1ccc(CN2CCCCC2)cc1. The van der Waals surface area contributed by atoms with E-state index in [0.29, 0.717) is 0 Å². The number of nitrogens with zero attached hydrogens (tertiary/aromatic N) is 1. The molecule has 0 atom stereocenters. The molecule has 1 aliphatic rings. The van der Waals surface area contributed by atoms with Gasteiger partial charge in [-0.15, -0.1) is 0 Å². The summed E-state index contributed by atoms with van der Waals surface area (Å²) in [5.41, 5.74) is 2.03. The molecule has 24 heavy (non-hydrogen) atoms. The van der Waals surface area contributed by atoms with Crippen molar-refractivity contribution in [1.82, 2.24) is 10.2 Å². The molecule has 3 nitrogen and oxygen atoms in total. The summed E-state index contributed by atoms with van der Waals surface area (Å²) < 4.78 is 0. The van der Waals surface area contributed by atoms with Gasteiger partial charge in [0.15, 0.2) is 0 Å². The zero-order chi connectivity index (χ0) is 17.8. The van der Waals surface area contributed by atoms with E-state index in [2.05, 4.69) is 57.0 Å². The topological polar surface area (TPSA) is 32.3 Å². The molecule has 1 N–H and O–H groups in total. The molecule has 0 unspecified atom stereocenters. The molecule has 0 saturated carbocycles. The maximum atomic E-state index is 12.5. The lowest BCUT2D eigenvalue weighted by atomic mass is 9.81. The molecule has 2 rings (SSSR count). The van der Waals surface area contributed by atoms with E-state index in [-0.39, 0.29) is 16.9 Å². The van der Waals surface area contributed by atoms with E-state index in [1.807, 2.05) is 12.1 Å². The third-order valence-corrected chi connectivity index (χ3v) is 4.50. The first-order valence-corrected chi connectivity index (χ1v) is 9.28. The molecule has 1 aliphatic heterocycles. The van der Waals surface area contributed by atoms with Gasteiger partial charge < -0.3 is 5.32 Å². The molecule has 0 aromatic heterocycles. The smallest absolute Gasteiger partial charge is 0.251 e. The molecule has 0 radical (unpaired) electrons. The van der Waals surface area contributed by atoms with Crippen LogP contribution in [0.5, 0.6) is 0 Å². The van der Waals surface area contributed by atoms with Crippen LogP contribution in [-0.4, -0.2) is 29.4 Å². The Kier molecular flexibility index (Phi) is 6.08. The van der Waals surface area contributed by atoms with E-state index >= 15 is 0 Å². The second-order valence-corrected chi connectivity index (χ2v) is 9.11. The fourth-order valence-corrected chi connectivity index (χ4v) is 3.89. The zero-order valence-corrected chi connectivity index (χ0v) is 16.1. The van der Waals surface area contributed by atoms with Crippen molar-refractivity contribution in [3.05, 3.63) is 35.4 Å². The summed E-state index contributed by atoms with van der Waals surface area (Å²) in [7, 11) is 0. The molecule has 1 aromatic rings. The van der Waals surface area contributed by atoms with Crippen LogP contribution in [-0.2, 0) is 6.54 Å². The summed E-state index contributed by atoms with van der Waals surface area (Å²) in [4.78, 5) is 15.0. The average molecular weight is 331 g/mol. The molecule has 0 spiro atoms. The van der Waals surface area contributed by atoms with Crippen LogP contribution in [0.15, 0.2) is 24.3 Å². The largest absolute Gasteiger partial charge is 0.347 e. The van der Waals surface area contributed by atoms with Crippen molar-refractivity contribution in [2.24, 2.45) is 5.41 Å². The van der Waals surface area contributed by atoms with Crippen molar-refractivity contribution in [2.45, 2.75) is 72.4 Å². The van der Waals surface area contributed by atoms with Gasteiger partial charge in [0.2, 0.25) is 0 Å². The van der Waals surface area contributed by atoms with Gasteiger partial charge in [0.25, 0.3) is 5.91 Å². The zero-order valence-electron chi connectivity index (χ0n) is 16.1. The van der Waals surface area contributed by atoms with Crippen molar-refractivity contribution < 1.29 is 4.79 Å². The van der Waals surface area contributed by atoms with Crippen LogP contribution in [0.2, 0.25) is 0 Å². The lowest BCUT2D eigenvalue weighted by Crippen LogP contribution is -2.45. The van der Waals surface area contributed by atoms with Gasteiger partial charge in [-0.25, -0.2) is 0 Å². The minimum Gasteiger partial charge on any atom is -0.347 e. The molecule has 0 bridgehead atoms. The minimum absolute atomic E-state index is 0.0220. The lowest BCUT2D eigenvalue weighted by molar-refractivity contribution is 0.0891. The molecule has 134 valence electrons. The third kappa shape index (κ3) is 6.27. The van der Waals surface area contributed by atoms with Crippen LogP contribution >= 0.6 is 0 Å². The highest BCUT2D eigenvalue weighted by Crippen LogP contribution is 2.27. The van der Waals surface area contributed by atoms with E-state index in [1.165, 1.54) is 37.9 Å². The second kappa shape index (κ2) is 7.69. The standard InChI is InChI=1S/C21H34N2O/c1-20(2,3)16-21(4,5)22-19(24)18-11-9-17(10-12-18)15-23-13-7-6-8-14-23/h9-12H,6-8,13-16H2,1-5H3,(H,22,24). The van der Waals surface area contributed by atoms with Crippen molar-refractivity contribution in [3.8, 4) is 0 Å². The molecule has 1 heterocycles. The number of likely N-dealkylation sites (tertiary alicyclic amines) is 1. The maximum absolute atomic E-state index is 12.5. The van der Waals surface area contributed by atoms with Gasteiger partial charge in [-0.05, 0) is 69.3 Å². The number of carbonyl (C=O) groups excluding carboxylic acids is 1. The van der Waals surface area contributed by atoms with E-state index in [9.17, 15) is 4.79 Å². The Hall–Kier alpha value is -1.35. The number of hydrogen-bond acceptors (Lipinski definition) is 2. The van der Waals surface area contributed by atoms with E-state index < -0.39 is 0 Å². The van der Waals surface area contributed by atoms with Crippen LogP contribution in [0.4, 0.5) is 0 Å². The Bertz CT molecular complexity index is 534. The first-order valence-electron chi connectivity index (χ1n) is 9.28. The predicted molar refractivity (Wildman–Crippen MR) is 101 cm³/mol. The first-order chi connectivity index (χ1) is 11.1. The molecule has 1 aromatic carbocycles. The molecule has 1 fully saturated rings. The molecular formula is C21H34N2O. The molecule has 0 aliphatic carbocycles. The minimum atomic E-state index is -0.207. The monoisotopic (exact) mass is 330 g/mol. The summed E-state index contributed by atoms with van der Waals surface area (Å²) in [5.74, 6) is 0.0220. The third-order valence-electron chi connectivity index (χ3n) is 4.50. The van der Waals surface area contributed by atoms with Gasteiger partial charge >= 0.3 is 0 Å². The van der Waals surface area contributed by atoms with Crippen LogP contribution in [0.25, 0.3) is 0 Å². The van der Waals surface area contributed by atoms with Gasteiger partial charge in [0.1, 0.15) is 0 Å². The van der Waals surface area contributed by atoms with E-state index in [0.717, 1.165) is 18.5 Å². The number of hydrogen-bond donors (Lipinski definition) is 1. The lowest BCUT2D eigenvalue weighted by Gasteiger charge is -2.33. The average Bonchev–Trinajstić information content (AvgIpc) is 2.46. The normalized spacial score (nSPS) is 16.9. The summed E-state index contributed by atoms with van der Waals surface area (Å²) in [5, 5.41) is 3.18. The van der Waals surface area contributed by atoms with Crippen molar-refractivity contribution in [3.63, 3.8) is 0 Å². The van der Waals surface area contributed by atoms with Crippen LogP contribution in [0, 0.1) is 5.41 Å². The number of piperidine rings is 1. The van der Waals surface area contributed by atoms with Crippen LogP contribution in [0.3, 0.4) is 0 Å². The highest BCUT2D eigenvalue weighted by atomic mass is 16.1. The van der Waals surface area contributed by atoms with E-state index in [1.54, 1.807) is 0 Å². The summed E-state index contributed by atoms with van der Waals surface area (Å²) >= 11 is 0. The number of benzene rings is 1. The van der Waals surface area contributed by atoms with Gasteiger partial charge in [-0.2, -0.15) is 0 Å². The quantitative estimate of drug-likeness (QED) is 0.854. The number of rotatable bonds is 5. The Morgan fingerprint density at radius 3 is 2.12 bits per heavy atom. The number of amides is 1. The van der Waals surface area contributed by atoms with Gasteiger partial charge in [0.05, 0.1) is 0 Å². The molecule has 3 heteroatoms. The Morgan fingerprint density at radius 2 is 1.58 bits per heavy atom. The van der Waals surface area contributed by atoms with Gasteiger partial charge in [-0.1, -0.05) is 39.3 Å². The molecule has 1 amide bonds. The van der Waals surface area contributed by atoms with Gasteiger partial charge in [0, 0.05) is 17.6 Å². The Labute approximate surface area is 147 Å². The van der Waals surface area contributed by atoms with Crippen molar-refractivity contribution in [2.75, 3.05) is 13.1 Å². The maximum Gasteiger partial charge on any atom is 0.251 e. The number of nitrogens with one attached hydrogen (secondary N) is 1. The fourth-order valence-electron chi connectivity index (χ4n) is 3.89. The predicted octanol–water partition coefficient (Wildman–Crippen LogP) is 4.62. The van der Waals surface area contributed by atoms with Gasteiger partial charge in [-0.3, -0.25) is 9.69 Å². The first kappa shape index (κ1) is 19.0. The highest BCUT2D eigenvalue weighted by molar-refractivity contribution is 5.94. The summed E-state index contributed by atoms with van der Waals surface area (Å²) in [6.07, 6.45) is 4.92. The van der Waals surface area contributed by atoms with Crippen LogP contribution in [0.1, 0.15) is 76.2 Å². The van der Waals surface area contributed by atoms with Crippen molar-refractivity contribution >= 4 is 5.91 Å². The van der Waals surface area contributed by atoms with Crippen LogP contribution < -0.4 is 5.32 Å².